The lowest BCUT2D eigenvalue weighted by atomic mass is 9.96. The SMILES string of the molecule is COc1cn(C(C=O)Cc2ccccc2)c(=O)cc1-c1c(C(C)=O)ccc(Cl)c1F. The number of ketones is 1. The van der Waals surface area contributed by atoms with Gasteiger partial charge in [0.2, 0.25) is 0 Å². The van der Waals surface area contributed by atoms with Crippen LogP contribution in [-0.4, -0.2) is 23.7 Å². The Morgan fingerprint density at radius 2 is 1.93 bits per heavy atom. The minimum atomic E-state index is -0.823. The van der Waals surface area contributed by atoms with Gasteiger partial charge in [-0.15, -0.1) is 0 Å². The van der Waals surface area contributed by atoms with Gasteiger partial charge in [-0.3, -0.25) is 9.59 Å². The predicted octanol–water partition coefficient (Wildman–Crippen LogP) is 4.50. The van der Waals surface area contributed by atoms with Crippen molar-refractivity contribution in [2.24, 2.45) is 0 Å². The summed E-state index contributed by atoms with van der Waals surface area (Å²) in [7, 11) is 1.36. The number of aromatic nitrogens is 1. The second-order valence-corrected chi connectivity index (χ2v) is 7.14. The van der Waals surface area contributed by atoms with Crippen molar-refractivity contribution >= 4 is 23.7 Å². The molecular weight excluding hydrogens is 409 g/mol. The first-order valence-corrected chi connectivity index (χ1v) is 9.53. The highest BCUT2D eigenvalue weighted by atomic mass is 35.5. The highest BCUT2D eigenvalue weighted by Crippen LogP contribution is 2.36. The van der Waals surface area contributed by atoms with Crippen LogP contribution in [0.2, 0.25) is 5.02 Å². The van der Waals surface area contributed by atoms with Crippen molar-refractivity contribution in [3.63, 3.8) is 0 Å². The number of halogens is 2. The first-order chi connectivity index (χ1) is 14.4. The summed E-state index contributed by atoms with van der Waals surface area (Å²) in [5.41, 5.74) is 0.399. The molecule has 1 aromatic heterocycles. The fourth-order valence-corrected chi connectivity index (χ4v) is 3.48. The van der Waals surface area contributed by atoms with E-state index in [1.54, 1.807) is 0 Å². The van der Waals surface area contributed by atoms with Gasteiger partial charge in [0.15, 0.2) is 5.78 Å². The van der Waals surface area contributed by atoms with Gasteiger partial charge >= 0.3 is 0 Å². The minimum absolute atomic E-state index is 0.0728. The van der Waals surface area contributed by atoms with Crippen LogP contribution in [-0.2, 0) is 11.2 Å². The lowest BCUT2D eigenvalue weighted by molar-refractivity contribution is -0.110. The molecule has 3 rings (SSSR count). The molecular formula is C23H19ClFNO4. The molecule has 0 aliphatic rings. The van der Waals surface area contributed by atoms with Crippen molar-refractivity contribution < 1.29 is 18.7 Å². The number of nitrogens with zero attached hydrogens (tertiary/aromatic N) is 1. The van der Waals surface area contributed by atoms with Crippen molar-refractivity contribution in [3.8, 4) is 16.9 Å². The van der Waals surface area contributed by atoms with Crippen LogP contribution in [0, 0.1) is 5.82 Å². The molecule has 1 unspecified atom stereocenters. The van der Waals surface area contributed by atoms with Crippen LogP contribution in [0.4, 0.5) is 4.39 Å². The van der Waals surface area contributed by atoms with Crippen molar-refractivity contribution in [2.75, 3.05) is 7.11 Å². The maximum atomic E-state index is 14.9. The Labute approximate surface area is 177 Å². The zero-order chi connectivity index (χ0) is 21.8. The predicted molar refractivity (Wildman–Crippen MR) is 113 cm³/mol. The summed E-state index contributed by atoms with van der Waals surface area (Å²) in [6, 6.07) is 12.3. The molecule has 0 spiro atoms. The molecule has 0 aliphatic carbocycles. The summed E-state index contributed by atoms with van der Waals surface area (Å²) in [5, 5.41) is -0.184. The molecule has 0 amide bonds. The van der Waals surface area contributed by atoms with Gasteiger partial charge in [-0.25, -0.2) is 4.39 Å². The van der Waals surface area contributed by atoms with Gasteiger partial charge in [0.25, 0.3) is 5.56 Å². The molecule has 0 saturated heterocycles. The zero-order valence-corrected chi connectivity index (χ0v) is 17.2. The van der Waals surface area contributed by atoms with E-state index in [1.807, 2.05) is 30.3 Å². The second kappa shape index (κ2) is 9.05. The third kappa shape index (κ3) is 4.19. The molecule has 2 aromatic carbocycles. The Kier molecular flexibility index (Phi) is 6.47. The van der Waals surface area contributed by atoms with E-state index in [1.165, 1.54) is 36.9 Å². The van der Waals surface area contributed by atoms with E-state index in [0.29, 0.717) is 12.7 Å². The molecule has 0 radical (unpaired) electrons. The molecule has 30 heavy (non-hydrogen) atoms. The summed E-state index contributed by atoms with van der Waals surface area (Å²) >= 11 is 5.91. The summed E-state index contributed by atoms with van der Waals surface area (Å²) in [4.78, 5) is 36.6. The van der Waals surface area contributed by atoms with Crippen LogP contribution in [0.5, 0.6) is 5.75 Å². The van der Waals surface area contributed by atoms with Gasteiger partial charge in [0, 0.05) is 29.2 Å². The number of carbonyl (C=O) groups is 2. The van der Waals surface area contributed by atoms with E-state index in [9.17, 15) is 18.8 Å². The van der Waals surface area contributed by atoms with Gasteiger partial charge in [0.1, 0.15) is 17.9 Å². The number of methoxy groups -OCH3 is 1. The monoisotopic (exact) mass is 427 g/mol. The Morgan fingerprint density at radius 3 is 2.53 bits per heavy atom. The van der Waals surface area contributed by atoms with Crippen molar-refractivity contribution in [3.05, 3.63) is 87.0 Å². The van der Waals surface area contributed by atoms with Crippen LogP contribution in [0.3, 0.4) is 0 Å². The number of carbonyl (C=O) groups excluding carboxylic acids is 2. The number of hydrogen-bond acceptors (Lipinski definition) is 4. The quantitative estimate of drug-likeness (QED) is 0.411. The highest BCUT2D eigenvalue weighted by Gasteiger charge is 2.23. The zero-order valence-electron chi connectivity index (χ0n) is 16.4. The molecule has 0 fully saturated rings. The van der Waals surface area contributed by atoms with Crippen molar-refractivity contribution in [2.45, 2.75) is 19.4 Å². The number of Topliss-reactive ketones (excluding diaryl/α,β-unsaturated/α-hetero) is 1. The Morgan fingerprint density at radius 1 is 1.23 bits per heavy atom. The molecule has 0 N–H and O–H groups in total. The van der Waals surface area contributed by atoms with Crippen molar-refractivity contribution in [1.29, 1.82) is 0 Å². The molecule has 154 valence electrons. The molecule has 1 atom stereocenters. The standard InChI is InChI=1S/C23H19ClFNO4/c1-14(28)17-8-9-19(24)23(25)22(17)18-11-21(29)26(12-20(18)30-2)16(13-27)10-15-6-4-3-5-7-15/h3-9,11-13,16H,10H2,1-2H3. The molecule has 0 saturated carbocycles. The fraction of sp³-hybridized carbons (Fsp3) is 0.174. The molecule has 1 heterocycles. The van der Waals surface area contributed by atoms with E-state index >= 15 is 0 Å². The summed E-state index contributed by atoms with van der Waals surface area (Å²) in [6.07, 6.45) is 2.33. The lowest BCUT2D eigenvalue weighted by Crippen LogP contribution is -2.26. The van der Waals surface area contributed by atoms with Crippen LogP contribution < -0.4 is 10.3 Å². The molecule has 3 aromatic rings. The van der Waals surface area contributed by atoms with E-state index in [4.69, 9.17) is 16.3 Å². The first kappa shape index (κ1) is 21.5. The van der Waals surface area contributed by atoms with E-state index in [0.717, 1.165) is 11.6 Å². The number of hydrogen-bond donors (Lipinski definition) is 0. The maximum Gasteiger partial charge on any atom is 0.252 e. The third-order valence-corrected chi connectivity index (χ3v) is 5.10. The first-order valence-electron chi connectivity index (χ1n) is 9.16. The smallest absolute Gasteiger partial charge is 0.252 e. The van der Waals surface area contributed by atoms with E-state index < -0.39 is 17.4 Å². The van der Waals surface area contributed by atoms with Crippen LogP contribution >= 0.6 is 11.6 Å². The lowest BCUT2D eigenvalue weighted by Gasteiger charge is -2.18. The molecule has 7 heteroatoms. The van der Waals surface area contributed by atoms with Gasteiger partial charge in [0.05, 0.1) is 24.4 Å². The third-order valence-electron chi connectivity index (χ3n) is 4.81. The van der Waals surface area contributed by atoms with Gasteiger partial charge in [-0.1, -0.05) is 41.9 Å². The van der Waals surface area contributed by atoms with Gasteiger partial charge < -0.3 is 14.1 Å². The minimum Gasteiger partial charge on any atom is -0.495 e. The summed E-state index contributed by atoms with van der Waals surface area (Å²) in [5.74, 6) is -1.07. The topological polar surface area (TPSA) is 65.4 Å². The highest BCUT2D eigenvalue weighted by molar-refractivity contribution is 6.31. The second-order valence-electron chi connectivity index (χ2n) is 6.73. The fourth-order valence-electron chi connectivity index (χ4n) is 3.32. The average Bonchev–Trinajstić information content (AvgIpc) is 2.74. The van der Waals surface area contributed by atoms with Gasteiger partial charge in [-0.2, -0.15) is 0 Å². The van der Waals surface area contributed by atoms with Crippen LogP contribution in [0.1, 0.15) is 28.9 Å². The van der Waals surface area contributed by atoms with Gasteiger partial charge in [-0.05, 0) is 24.6 Å². The van der Waals surface area contributed by atoms with Crippen molar-refractivity contribution in [1.82, 2.24) is 4.57 Å². The Bertz CT molecular complexity index is 1160. The molecule has 0 aliphatic heterocycles. The Hall–Kier alpha value is -3.25. The maximum absolute atomic E-state index is 14.9. The Balaban J connectivity index is 2.17. The average molecular weight is 428 g/mol. The number of benzene rings is 2. The van der Waals surface area contributed by atoms with Crippen LogP contribution in [0.25, 0.3) is 11.1 Å². The molecule has 0 bridgehead atoms. The van der Waals surface area contributed by atoms with E-state index in [2.05, 4.69) is 0 Å². The number of pyridine rings is 1. The number of rotatable bonds is 7. The molecule has 5 nitrogen and oxygen atoms in total. The number of aldehydes is 1. The normalized spacial score (nSPS) is 11.7. The largest absolute Gasteiger partial charge is 0.495 e. The number of ether oxygens (including phenoxy) is 1. The summed E-state index contributed by atoms with van der Waals surface area (Å²) < 4.78 is 21.5. The van der Waals surface area contributed by atoms with E-state index in [-0.39, 0.29) is 33.2 Å². The van der Waals surface area contributed by atoms with Crippen LogP contribution in [0.15, 0.2) is 59.5 Å². The summed E-state index contributed by atoms with van der Waals surface area (Å²) in [6.45, 7) is 1.29.